The lowest BCUT2D eigenvalue weighted by Crippen LogP contribution is -2.20. The molecule has 0 bridgehead atoms. The van der Waals surface area contributed by atoms with Crippen molar-refractivity contribution >= 4 is 34.1 Å². The molecule has 1 amide bonds. The van der Waals surface area contributed by atoms with E-state index in [1.165, 1.54) is 12.4 Å². The van der Waals surface area contributed by atoms with Crippen LogP contribution in [0.3, 0.4) is 0 Å². The summed E-state index contributed by atoms with van der Waals surface area (Å²) in [5.74, 6) is 0.174. The highest BCUT2D eigenvalue weighted by Crippen LogP contribution is 2.32. The fraction of sp³-hybridized carbons (Fsp3) is 0.350. The highest BCUT2D eigenvalue weighted by Gasteiger charge is 2.22. The van der Waals surface area contributed by atoms with Gasteiger partial charge in [0, 0.05) is 36.3 Å². The van der Waals surface area contributed by atoms with E-state index in [0.717, 1.165) is 36.6 Å². The average Bonchev–Trinajstić information content (AvgIpc) is 3.11. The molecular formula is C20H21ClN4O2. The van der Waals surface area contributed by atoms with Crippen molar-refractivity contribution in [2.75, 3.05) is 11.9 Å². The lowest BCUT2D eigenvalue weighted by molar-refractivity contribution is 0.102. The fourth-order valence-electron chi connectivity index (χ4n) is 3.64. The van der Waals surface area contributed by atoms with E-state index in [2.05, 4.69) is 10.3 Å². The Labute approximate surface area is 162 Å². The van der Waals surface area contributed by atoms with Crippen LogP contribution in [0, 0.1) is 5.92 Å². The Bertz CT molecular complexity index is 964. The van der Waals surface area contributed by atoms with E-state index in [1.807, 2.05) is 29.1 Å². The molecule has 6 nitrogen and oxygen atoms in total. The van der Waals surface area contributed by atoms with Crippen molar-refractivity contribution in [3.63, 3.8) is 0 Å². The van der Waals surface area contributed by atoms with E-state index < -0.39 is 0 Å². The van der Waals surface area contributed by atoms with E-state index in [1.54, 1.807) is 6.07 Å². The Morgan fingerprint density at radius 1 is 1.22 bits per heavy atom. The smallest absolute Gasteiger partial charge is 0.257 e. The maximum absolute atomic E-state index is 12.4. The second-order valence-corrected chi connectivity index (χ2v) is 7.52. The molecule has 4 rings (SSSR count). The van der Waals surface area contributed by atoms with Crippen molar-refractivity contribution in [3.8, 4) is 0 Å². The monoisotopic (exact) mass is 384 g/mol. The predicted molar refractivity (Wildman–Crippen MR) is 105 cm³/mol. The molecule has 1 fully saturated rings. The Morgan fingerprint density at radius 2 is 2.04 bits per heavy atom. The van der Waals surface area contributed by atoms with Gasteiger partial charge in [0.05, 0.1) is 22.1 Å². The lowest BCUT2D eigenvalue weighted by Gasteiger charge is -2.27. The van der Waals surface area contributed by atoms with Crippen molar-refractivity contribution in [2.45, 2.75) is 31.7 Å². The zero-order chi connectivity index (χ0) is 18.8. The van der Waals surface area contributed by atoms with Gasteiger partial charge in [0.1, 0.15) is 0 Å². The van der Waals surface area contributed by atoms with Crippen LogP contribution in [0.15, 0.2) is 42.9 Å². The molecule has 0 unspecified atom stereocenters. The number of halogens is 1. The van der Waals surface area contributed by atoms with E-state index in [-0.39, 0.29) is 12.5 Å². The summed E-state index contributed by atoms with van der Waals surface area (Å²) in [6, 6.07) is 7.64. The number of nitrogens with one attached hydrogen (secondary N) is 1. The van der Waals surface area contributed by atoms with Gasteiger partial charge in [0.15, 0.2) is 0 Å². The van der Waals surface area contributed by atoms with Gasteiger partial charge in [0.25, 0.3) is 5.91 Å². The van der Waals surface area contributed by atoms with Crippen LogP contribution < -0.4 is 5.32 Å². The molecule has 0 aliphatic heterocycles. The van der Waals surface area contributed by atoms with Gasteiger partial charge in [-0.05, 0) is 55.9 Å². The molecule has 3 aromatic rings. The summed E-state index contributed by atoms with van der Waals surface area (Å²) >= 11 is 5.90. The number of nitrogens with zero attached hydrogens (tertiary/aromatic N) is 3. The third-order valence-corrected chi connectivity index (χ3v) is 5.40. The van der Waals surface area contributed by atoms with E-state index in [9.17, 15) is 9.90 Å². The number of anilines is 1. The summed E-state index contributed by atoms with van der Waals surface area (Å²) in [7, 11) is 0. The van der Waals surface area contributed by atoms with Crippen LogP contribution in [-0.4, -0.2) is 32.4 Å². The number of fused-ring (bicyclic) bond motifs is 1. The number of aliphatic hydroxyl groups is 1. The van der Waals surface area contributed by atoms with E-state index >= 15 is 0 Å². The van der Waals surface area contributed by atoms with Gasteiger partial charge >= 0.3 is 0 Å². The molecular weight excluding hydrogens is 364 g/mol. The molecule has 2 N–H and O–H groups in total. The number of aromatic nitrogens is 3. The first-order chi connectivity index (χ1) is 13.1. The Balaban J connectivity index is 1.50. The number of hydrogen-bond donors (Lipinski definition) is 2. The first kappa shape index (κ1) is 17.9. The van der Waals surface area contributed by atoms with Crippen LogP contribution in [0.4, 0.5) is 5.69 Å². The van der Waals surface area contributed by atoms with Gasteiger partial charge in [0.2, 0.25) is 0 Å². The van der Waals surface area contributed by atoms with Gasteiger partial charge in [-0.3, -0.25) is 14.5 Å². The molecule has 2 heterocycles. The second kappa shape index (κ2) is 7.66. The quantitative estimate of drug-likeness (QED) is 0.710. The van der Waals surface area contributed by atoms with Crippen molar-refractivity contribution in [1.82, 2.24) is 14.8 Å². The maximum Gasteiger partial charge on any atom is 0.257 e. The van der Waals surface area contributed by atoms with Crippen molar-refractivity contribution in [2.24, 2.45) is 5.92 Å². The Morgan fingerprint density at radius 3 is 2.78 bits per heavy atom. The minimum atomic E-state index is -0.251. The summed E-state index contributed by atoms with van der Waals surface area (Å²) in [6.07, 6.45) is 9.15. The minimum absolute atomic E-state index is 0.251. The number of hydrogen-bond acceptors (Lipinski definition) is 4. The molecule has 0 atom stereocenters. The molecule has 0 radical (unpaired) electrons. The maximum atomic E-state index is 12.4. The van der Waals surface area contributed by atoms with E-state index in [0.29, 0.717) is 28.2 Å². The first-order valence-electron chi connectivity index (χ1n) is 9.14. The van der Waals surface area contributed by atoms with Crippen LogP contribution in [0.5, 0.6) is 0 Å². The largest absolute Gasteiger partial charge is 0.396 e. The van der Waals surface area contributed by atoms with Crippen LogP contribution in [-0.2, 0) is 0 Å². The normalized spacial score (nSPS) is 19.9. The molecule has 7 heteroatoms. The average molecular weight is 385 g/mol. The predicted octanol–water partition coefficient (Wildman–Crippen LogP) is 4.06. The number of amides is 1. The van der Waals surface area contributed by atoms with Crippen molar-refractivity contribution in [1.29, 1.82) is 0 Å². The van der Waals surface area contributed by atoms with Crippen LogP contribution in [0.2, 0.25) is 5.02 Å². The first-order valence-corrected chi connectivity index (χ1v) is 9.52. The van der Waals surface area contributed by atoms with E-state index in [4.69, 9.17) is 16.7 Å². The van der Waals surface area contributed by atoms with Crippen molar-refractivity contribution in [3.05, 3.63) is 53.4 Å². The van der Waals surface area contributed by atoms with Gasteiger partial charge in [-0.15, -0.1) is 0 Å². The zero-order valence-corrected chi connectivity index (χ0v) is 15.6. The number of carbonyl (C=O) groups excluding carboxylic acids is 1. The van der Waals surface area contributed by atoms with Crippen molar-refractivity contribution < 1.29 is 9.90 Å². The van der Waals surface area contributed by atoms with Gasteiger partial charge in [-0.25, -0.2) is 0 Å². The third-order valence-electron chi connectivity index (χ3n) is 5.20. The van der Waals surface area contributed by atoms with Gasteiger partial charge in [-0.1, -0.05) is 11.6 Å². The van der Waals surface area contributed by atoms with Gasteiger partial charge in [-0.2, -0.15) is 5.10 Å². The fourth-order valence-corrected chi connectivity index (χ4v) is 3.81. The van der Waals surface area contributed by atoms with Gasteiger partial charge < -0.3 is 10.4 Å². The zero-order valence-electron chi connectivity index (χ0n) is 14.8. The van der Waals surface area contributed by atoms with Crippen LogP contribution in [0.1, 0.15) is 42.1 Å². The molecule has 0 spiro atoms. The number of carbonyl (C=O) groups is 1. The number of pyridine rings is 1. The molecule has 1 saturated carbocycles. The standard InChI is InChI=1S/C20H21ClN4O2/c21-16-7-14(9-22-10-16)20(27)23-17-3-6-19-15(8-17)11-25(24-19)18-4-1-13(12-26)2-5-18/h3,6-11,13,18,26H,1-2,4-5,12H2,(H,23,27). The summed E-state index contributed by atoms with van der Waals surface area (Å²) < 4.78 is 2.03. The second-order valence-electron chi connectivity index (χ2n) is 7.09. The SMILES string of the molecule is O=C(Nc1ccc2nn(C3CCC(CO)CC3)cc2c1)c1cncc(Cl)c1. The molecule has 1 aliphatic rings. The molecule has 140 valence electrons. The molecule has 27 heavy (non-hydrogen) atoms. The summed E-state index contributed by atoms with van der Waals surface area (Å²) in [4.78, 5) is 16.3. The number of benzene rings is 1. The molecule has 0 saturated heterocycles. The number of aliphatic hydroxyl groups excluding tert-OH is 1. The molecule has 1 aromatic carbocycles. The summed E-state index contributed by atoms with van der Waals surface area (Å²) in [6.45, 7) is 0.277. The third kappa shape index (κ3) is 3.96. The minimum Gasteiger partial charge on any atom is -0.396 e. The number of rotatable bonds is 4. The molecule has 2 aromatic heterocycles. The summed E-state index contributed by atoms with van der Waals surface area (Å²) in [5.41, 5.74) is 2.02. The highest BCUT2D eigenvalue weighted by molar-refractivity contribution is 6.30. The van der Waals surface area contributed by atoms with Crippen LogP contribution in [0.25, 0.3) is 10.9 Å². The lowest BCUT2D eigenvalue weighted by atomic mass is 9.87. The molecule has 1 aliphatic carbocycles. The topological polar surface area (TPSA) is 80.0 Å². The highest BCUT2D eigenvalue weighted by atomic mass is 35.5. The summed E-state index contributed by atoms with van der Waals surface area (Å²) in [5, 5.41) is 18.3. The Kier molecular flexibility index (Phi) is 5.09. The van der Waals surface area contributed by atoms with Crippen LogP contribution >= 0.6 is 11.6 Å². The Hall–Kier alpha value is -2.44.